The molecule has 0 aromatic heterocycles. The summed E-state index contributed by atoms with van der Waals surface area (Å²) in [5.41, 5.74) is 8.88. The monoisotopic (exact) mass is 250 g/mol. The number of fused-ring (bicyclic) bond motifs is 1. The molecule has 1 atom stereocenters. The Morgan fingerprint density at radius 1 is 1.35 bits per heavy atom. The standard InChI is InChI=1S/C14H22N2S/c1-2-17-8-7-16-11-13-6-4-3-5-12(13)9-14(16)10-15/h3-6,14H,2,7-11,15H2,1H3. The van der Waals surface area contributed by atoms with E-state index >= 15 is 0 Å². The number of thioether (sulfide) groups is 1. The SMILES string of the molecule is CCSCCN1Cc2ccccc2CC1CN. The van der Waals surface area contributed by atoms with Gasteiger partial charge in [0.05, 0.1) is 0 Å². The van der Waals surface area contributed by atoms with E-state index in [1.165, 1.54) is 22.6 Å². The second-order valence-corrected chi connectivity index (χ2v) is 5.92. The molecule has 0 aliphatic carbocycles. The molecule has 2 rings (SSSR count). The van der Waals surface area contributed by atoms with Crippen LogP contribution in [-0.2, 0) is 13.0 Å². The quantitative estimate of drug-likeness (QED) is 0.812. The molecule has 0 spiro atoms. The molecule has 94 valence electrons. The molecule has 2 nitrogen and oxygen atoms in total. The summed E-state index contributed by atoms with van der Waals surface area (Å²) in [4.78, 5) is 2.55. The molecule has 0 saturated carbocycles. The van der Waals surface area contributed by atoms with Crippen molar-refractivity contribution in [1.29, 1.82) is 0 Å². The zero-order chi connectivity index (χ0) is 12.1. The predicted octanol–water partition coefficient (Wildman–Crippen LogP) is 2.13. The molecule has 0 amide bonds. The molecule has 0 radical (unpaired) electrons. The Bertz CT molecular complexity index is 354. The highest BCUT2D eigenvalue weighted by Crippen LogP contribution is 2.22. The summed E-state index contributed by atoms with van der Waals surface area (Å²) in [6.45, 7) is 5.22. The largest absolute Gasteiger partial charge is 0.329 e. The van der Waals surface area contributed by atoms with Gasteiger partial charge in [0, 0.05) is 31.4 Å². The van der Waals surface area contributed by atoms with Crippen LogP contribution in [0.1, 0.15) is 18.1 Å². The Kier molecular flexibility index (Phi) is 4.89. The van der Waals surface area contributed by atoms with Gasteiger partial charge in [0.2, 0.25) is 0 Å². The third-order valence-corrected chi connectivity index (χ3v) is 4.34. The van der Waals surface area contributed by atoms with Crippen molar-refractivity contribution in [3.05, 3.63) is 35.4 Å². The fourth-order valence-electron chi connectivity index (χ4n) is 2.46. The lowest BCUT2D eigenvalue weighted by atomic mass is 9.94. The third-order valence-electron chi connectivity index (χ3n) is 3.46. The first-order valence-electron chi connectivity index (χ1n) is 6.43. The summed E-state index contributed by atoms with van der Waals surface area (Å²) in [6, 6.07) is 9.30. The topological polar surface area (TPSA) is 29.3 Å². The molecule has 1 aromatic rings. The Balaban J connectivity index is 2.02. The molecule has 1 aliphatic rings. The lowest BCUT2D eigenvalue weighted by Gasteiger charge is -2.36. The molecule has 1 aromatic carbocycles. The first-order chi connectivity index (χ1) is 8.35. The van der Waals surface area contributed by atoms with E-state index in [0.29, 0.717) is 6.04 Å². The van der Waals surface area contributed by atoms with Crippen LogP contribution in [0.25, 0.3) is 0 Å². The maximum Gasteiger partial charge on any atom is 0.0262 e. The lowest BCUT2D eigenvalue weighted by molar-refractivity contribution is 0.187. The smallest absolute Gasteiger partial charge is 0.0262 e. The van der Waals surface area contributed by atoms with E-state index in [9.17, 15) is 0 Å². The van der Waals surface area contributed by atoms with E-state index in [4.69, 9.17) is 5.73 Å². The fraction of sp³-hybridized carbons (Fsp3) is 0.571. The third kappa shape index (κ3) is 3.24. The highest BCUT2D eigenvalue weighted by atomic mass is 32.2. The zero-order valence-corrected chi connectivity index (χ0v) is 11.4. The molecule has 1 unspecified atom stereocenters. The van der Waals surface area contributed by atoms with E-state index in [0.717, 1.165) is 26.1 Å². The van der Waals surface area contributed by atoms with Crippen LogP contribution < -0.4 is 5.73 Å². The van der Waals surface area contributed by atoms with Crippen molar-refractivity contribution in [3.8, 4) is 0 Å². The molecule has 2 N–H and O–H groups in total. The zero-order valence-electron chi connectivity index (χ0n) is 10.6. The van der Waals surface area contributed by atoms with Crippen molar-refractivity contribution < 1.29 is 0 Å². The fourth-order valence-corrected chi connectivity index (χ4v) is 3.11. The van der Waals surface area contributed by atoms with Gasteiger partial charge in [0.1, 0.15) is 0 Å². The number of rotatable bonds is 5. The van der Waals surface area contributed by atoms with Crippen molar-refractivity contribution in [2.75, 3.05) is 24.6 Å². The van der Waals surface area contributed by atoms with Gasteiger partial charge in [0.25, 0.3) is 0 Å². The summed E-state index contributed by atoms with van der Waals surface area (Å²) in [7, 11) is 0. The maximum atomic E-state index is 5.91. The van der Waals surface area contributed by atoms with Gasteiger partial charge in [-0.1, -0.05) is 31.2 Å². The highest BCUT2D eigenvalue weighted by molar-refractivity contribution is 7.99. The molecule has 17 heavy (non-hydrogen) atoms. The molecule has 0 saturated heterocycles. The lowest BCUT2D eigenvalue weighted by Crippen LogP contribution is -2.45. The summed E-state index contributed by atoms with van der Waals surface area (Å²) < 4.78 is 0. The van der Waals surface area contributed by atoms with Crippen LogP contribution in [0.4, 0.5) is 0 Å². The minimum absolute atomic E-state index is 0.530. The van der Waals surface area contributed by atoms with Crippen molar-refractivity contribution in [2.24, 2.45) is 5.73 Å². The van der Waals surface area contributed by atoms with Gasteiger partial charge in [-0.2, -0.15) is 11.8 Å². The second-order valence-electron chi connectivity index (χ2n) is 4.53. The van der Waals surface area contributed by atoms with Crippen molar-refractivity contribution >= 4 is 11.8 Å². The average molecular weight is 250 g/mol. The van der Waals surface area contributed by atoms with Crippen LogP contribution >= 0.6 is 11.8 Å². The van der Waals surface area contributed by atoms with E-state index < -0.39 is 0 Å². The van der Waals surface area contributed by atoms with Crippen LogP contribution in [0.2, 0.25) is 0 Å². The van der Waals surface area contributed by atoms with Crippen LogP contribution in [0.15, 0.2) is 24.3 Å². The van der Waals surface area contributed by atoms with Gasteiger partial charge in [-0.25, -0.2) is 0 Å². The minimum atomic E-state index is 0.530. The second kappa shape index (κ2) is 6.43. The van der Waals surface area contributed by atoms with Gasteiger partial charge in [-0.05, 0) is 23.3 Å². The first-order valence-corrected chi connectivity index (χ1v) is 7.59. The highest BCUT2D eigenvalue weighted by Gasteiger charge is 2.24. The first kappa shape index (κ1) is 12.9. The van der Waals surface area contributed by atoms with E-state index in [1.807, 2.05) is 11.8 Å². The molecule has 3 heteroatoms. The summed E-state index contributed by atoms with van der Waals surface area (Å²) in [6.07, 6.45) is 1.11. The van der Waals surface area contributed by atoms with Crippen LogP contribution in [0.5, 0.6) is 0 Å². The molecular formula is C14H22N2S. The Morgan fingerprint density at radius 3 is 2.82 bits per heavy atom. The normalized spacial score (nSPS) is 20.2. The van der Waals surface area contributed by atoms with Crippen molar-refractivity contribution in [3.63, 3.8) is 0 Å². The van der Waals surface area contributed by atoms with E-state index in [2.05, 4.69) is 36.1 Å². The van der Waals surface area contributed by atoms with Crippen molar-refractivity contribution in [2.45, 2.75) is 25.9 Å². The average Bonchev–Trinajstić information content (AvgIpc) is 2.38. The molecular weight excluding hydrogens is 228 g/mol. The number of hydrogen-bond donors (Lipinski definition) is 1. The van der Waals surface area contributed by atoms with Gasteiger partial charge in [-0.3, -0.25) is 4.90 Å². The summed E-state index contributed by atoms with van der Waals surface area (Å²) >= 11 is 2.01. The maximum absolute atomic E-state index is 5.91. The van der Waals surface area contributed by atoms with Crippen LogP contribution in [-0.4, -0.2) is 35.5 Å². The van der Waals surface area contributed by atoms with E-state index in [1.54, 1.807) is 0 Å². The molecule has 0 bridgehead atoms. The number of nitrogens with two attached hydrogens (primary N) is 1. The molecule has 1 heterocycles. The molecule has 0 fully saturated rings. The van der Waals surface area contributed by atoms with Gasteiger partial charge in [0.15, 0.2) is 0 Å². The van der Waals surface area contributed by atoms with Crippen LogP contribution in [0, 0.1) is 0 Å². The Hall–Kier alpha value is -0.510. The Morgan fingerprint density at radius 2 is 2.12 bits per heavy atom. The number of nitrogens with zero attached hydrogens (tertiary/aromatic N) is 1. The summed E-state index contributed by atoms with van der Waals surface area (Å²) in [5.74, 6) is 2.42. The predicted molar refractivity (Wildman–Crippen MR) is 76.4 cm³/mol. The summed E-state index contributed by atoms with van der Waals surface area (Å²) in [5, 5.41) is 0. The van der Waals surface area contributed by atoms with Gasteiger partial charge >= 0.3 is 0 Å². The number of hydrogen-bond acceptors (Lipinski definition) is 3. The van der Waals surface area contributed by atoms with Gasteiger partial charge < -0.3 is 5.73 Å². The van der Waals surface area contributed by atoms with Crippen molar-refractivity contribution in [1.82, 2.24) is 4.90 Å². The number of benzene rings is 1. The van der Waals surface area contributed by atoms with E-state index in [-0.39, 0.29) is 0 Å². The molecule has 1 aliphatic heterocycles. The Labute approximate surface area is 109 Å². The van der Waals surface area contributed by atoms with Crippen LogP contribution in [0.3, 0.4) is 0 Å². The van der Waals surface area contributed by atoms with Gasteiger partial charge in [-0.15, -0.1) is 0 Å². The minimum Gasteiger partial charge on any atom is -0.329 e.